The molecule has 0 heterocycles. The minimum Gasteiger partial charge on any atom is -0.390 e. The molecule has 0 amide bonds. The fourth-order valence-corrected chi connectivity index (χ4v) is 0.414. The van der Waals surface area contributed by atoms with Crippen molar-refractivity contribution in [2.45, 2.75) is 6.92 Å². The predicted molar refractivity (Wildman–Crippen MR) is 37.1 cm³/mol. The average molecular weight is 148 g/mol. The first kappa shape index (κ1) is 8.16. The van der Waals surface area contributed by atoms with Crippen molar-refractivity contribution in [3.63, 3.8) is 0 Å². The van der Waals surface area contributed by atoms with Crippen molar-refractivity contribution in [2.24, 2.45) is 10.7 Å². The molecule has 0 aliphatic rings. The summed E-state index contributed by atoms with van der Waals surface area (Å²) in [6.45, 7) is 1.64. The maximum Gasteiger partial charge on any atom is 0.214 e. The average Bonchev–Trinajstić information content (AvgIpc) is 1.82. The van der Waals surface area contributed by atoms with Crippen LogP contribution >= 0.6 is 0 Å². The van der Waals surface area contributed by atoms with E-state index in [1.807, 2.05) is 0 Å². The fraction of sp³-hybridized carbons (Fsp3) is 0.500. The number of hydrogen-bond donors (Lipinski definition) is 1. The number of hydrogen-bond acceptors (Lipinski definition) is 3. The third-order valence-electron chi connectivity index (χ3n) is 0.704. The van der Waals surface area contributed by atoms with Crippen LogP contribution in [0.4, 0.5) is 0 Å². The largest absolute Gasteiger partial charge is 0.390 e. The summed E-state index contributed by atoms with van der Waals surface area (Å²) in [7, 11) is -2.11. The van der Waals surface area contributed by atoms with Crippen LogP contribution in [0, 0.1) is 0 Å². The highest BCUT2D eigenvalue weighted by atomic mass is 32.2. The van der Waals surface area contributed by atoms with Gasteiger partial charge in [-0.1, -0.05) is 0 Å². The lowest BCUT2D eigenvalue weighted by atomic mass is 10.5. The molecule has 0 atom stereocenters. The molecule has 0 aromatic rings. The first-order chi connectivity index (χ1) is 4.18. The van der Waals surface area contributed by atoms with Crippen molar-refractivity contribution in [3.8, 4) is 0 Å². The Morgan fingerprint density at radius 3 is 2.67 bits per heavy atom. The molecule has 5 heteroatoms. The van der Waals surface area contributed by atoms with Gasteiger partial charge >= 0.3 is 0 Å². The van der Waals surface area contributed by atoms with Crippen molar-refractivity contribution in [1.29, 1.82) is 0 Å². The molecule has 0 rings (SSSR count). The smallest absolute Gasteiger partial charge is 0.214 e. The monoisotopic (exact) mass is 148 g/mol. The lowest BCUT2D eigenvalue weighted by molar-refractivity contribution is 0.626. The Labute approximate surface area is 54.9 Å². The van der Waals surface area contributed by atoms with Crippen molar-refractivity contribution >= 4 is 21.5 Å². The van der Waals surface area contributed by atoms with Gasteiger partial charge in [0.05, 0.1) is 17.7 Å². The standard InChI is InChI=1S/C4H8N2O2S/c1-4(9(7)8)2-6-3-5/h3H,2H2,1H3,(H2,5,6). The van der Waals surface area contributed by atoms with Gasteiger partial charge in [-0.05, 0) is 6.92 Å². The van der Waals surface area contributed by atoms with Crippen molar-refractivity contribution < 1.29 is 8.42 Å². The van der Waals surface area contributed by atoms with E-state index >= 15 is 0 Å². The fourth-order valence-electron chi connectivity index (χ4n) is 0.234. The zero-order valence-electron chi connectivity index (χ0n) is 5.03. The van der Waals surface area contributed by atoms with Crippen LogP contribution in [0.2, 0.25) is 0 Å². The van der Waals surface area contributed by atoms with Gasteiger partial charge in [-0.25, -0.2) is 0 Å². The van der Waals surface area contributed by atoms with Gasteiger partial charge in [0.25, 0.3) is 0 Å². The summed E-state index contributed by atoms with van der Waals surface area (Å²) >= 11 is 0. The van der Waals surface area contributed by atoms with Crippen LogP contribution in [0.5, 0.6) is 0 Å². The van der Waals surface area contributed by atoms with Gasteiger partial charge in [0.15, 0.2) is 0 Å². The minimum atomic E-state index is -2.11. The van der Waals surface area contributed by atoms with E-state index in [4.69, 9.17) is 5.73 Å². The lowest BCUT2D eigenvalue weighted by Crippen LogP contribution is -2.00. The first-order valence-electron chi connectivity index (χ1n) is 2.30. The maximum absolute atomic E-state index is 10.1. The van der Waals surface area contributed by atoms with Gasteiger partial charge in [-0.3, -0.25) is 4.99 Å². The Bertz CT molecular complexity index is 219. The van der Waals surface area contributed by atoms with Crippen LogP contribution in [0.3, 0.4) is 0 Å². The molecule has 0 aromatic carbocycles. The van der Waals surface area contributed by atoms with E-state index < -0.39 is 10.3 Å². The Morgan fingerprint density at radius 2 is 2.33 bits per heavy atom. The van der Waals surface area contributed by atoms with E-state index in [9.17, 15) is 8.42 Å². The molecule has 0 bridgehead atoms. The number of rotatable bonds is 2. The van der Waals surface area contributed by atoms with Crippen molar-refractivity contribution in [1.82, 2.24) is 0 Å². The van der Waals surface area contributed by atoms with Gasteiger partial charge in [-0.15, -0.1) is 0 Å². The molecule has 0 aliphatic carbocycles. The van der Waals surface area contributed by atoms with Crippen molar-refractivity contribution in [3.05, 3.63) is 0 Å². The second-order valence-corrected chi connectivity index (χ2v) is 2.59. The summed E-state index contributed by atoms with van der Waals surface area (Å²) in [5.41, 5.74) is 4.87. The molecule has 9 heavy (non-hydrogen) atoms. The predicted octanol–water partition coefficient (Wildman–Crippen LogP) is -0.955. The summed E-state index contributed by atoms with van der Waals surface area (Å²) in [6, 6.07) is 0. The third kappa shape index (κ3) is 3.72. The van der Waals surface area contributed by atoms with Crippen LogP contribution in [0.1, 0.15) is 6.92 Å². The molecule has 4 nitrogen and oxygen atoms in total. The summed E-state index contributed by atoms with van der Waals surface area (Å²) in [5, 5.41) is 0. The van der Waals surface area contributed by atoms with Gasteiger partial charge in [-0.2, -0.15) is 8.42 Å². The molecule has 0 radical (unpaired) electrons. The zero-order chi connectivity index (χ0) is 7.28. The minimum absolute atomic E-state index is 0.159. The molecule has 52 valence electrons. The lowest BCUT2D eigenvalue weighted by Gasteiger charge is -1.82. The zero-order valence-corrected chi connectivity index (χ0v) is 5.85. The molecule has 0 aromatic heterocycles. The van der Waals surface area contributed by atoms with Crippen LogP contribution < -0.4 is 5.73 Å². The van der Waals surface area contributed by atoms with Gasteiger partial charge in [0, 0.05) is 0 Å². The van der Waals surface area contributed by atoms with Crippen LogP contribution in [-0.2, 0) is 10.3 Å². The first-order valence-corrected chi connectivity index (χ1v) is 3.37. The van der Waals surface area contributed by atoms with Crippen LogP contribution in [0.15, 0.2) is 4.99 Å². The molecule has 0 saturated carbocycles. The molecule has 0 spiro atoms. The second-order valence-electron chi connectivity index (χ2n) is 1.43. The number of nitrogens with zero attached hydrogens (tertiary/aromatic N) is 1. The highest BCUT2D eigenvalue weighted by molar-refractivity contribution is 7.73. The quantitative estimate of drug-likeness (QED) is 0.311. The SMILES string of the molecule is CC(CN=CN)=S(=O)=O. The molecule has 0 saturated heterocycles. The number of aliphatic imine (C=N–C) groups is 1. The molecule has 0 fully saturated rings. The molecule has 2 N–H and O–H groups in total. The Hall–Kier alpha value is -0.840. The topological polar surface area (TPSA) is 72.5 Å². The van der Waals surface area contributed by atoms with E-state index in [1.54, 1.807) is 0 Å². The number of nitrogens with two attached hydrogens (primary N) is 1. The molecule has 0 unspecified atom stereocenters. The van der Waals surface area contributed by atoms with E-state index in [1.165, 1.54) is 6.92 Å². The Morgan fingerprint density at radius 1 is 1.78 bits per heavy atom. The summed E-state index contributed by atoms with van der Waals surface area (Å²) in [6.07, 6.45) is 1.08. The van der Waals surface area contributed by atoms with Crippen LogP contribution in [0.25, 0.3) is 0 Å². The summed E-state index contributed by atoms with van der Waals surface area (Å²) < 4.78 is 20.1. The van der Waals surface area contributed by atoms with E-state index in [0.29, 0.717) is 0 Å². The molecule has 0 aliphatic heterocycles. The normalized spacial score (nSPS) is 9.89. The van der Waals surface area contributed by atoms with E-state index in [0.717, 1.165) is 6.34 Å². The molecular formula is C4H8N2O2S. The third-order valence-corrected chi connectivity index (χ3v) is 1.40. The van der Waals surface area contributed by atoms with Gasteiger partial charge in [0.1, 0.15) is 0 Å². The maximum atomic E-state index is 10.1. The molecular weight excluding hydrogens is 140 g/mol. The van der Waals surface area contributed by atoms with Crippen molar-refractivity contribution in [2.75, 3.05) is 6.54 Å². The second kappa shape index (κ2) is 4.08. The van der Waals surface area contributed by atoms with Gasteiger partial charge in [0.2, 0.25) is 10.3 Å². The summed E-state index contributed by atoms with van der Waals surface area (Å²) in [4.78, 5) is 3.80. The highest BCUT2D eigenvalue weighted by Crippen LogP contribution is 1.71. The Kier molecular flexibility index (Phi) is 3.70. The van der Waals surface area contributed by atoms with Crippen LogP contribution in [-0.4, -0.2) is 26.2 Å². The van der Waals surface area contributed by atoms with Gasteiger partial charge < -0.3 is 5.73 Å². The highest BCUT2D eigenvalue weighted by Gasteiger charge is 1.86. The summed E-state index contributed by atoms with van der Waals surface area (Å²) in [5.74, 6) is 0. The van der Waals surface area contributed by atoms with E-state index in [-0.39, 0.29) is 11.4 Å². The Balaban J connectivity index is 4.10. The van der Waals surface area contributed by atoms with E-state index in [2.05, 4.69) is 4.99 Å².